The molecule has 0 saturated heterocycles. The molecule has 4 aromatic rings. The number of para-hydroxylation sites is 1. The Morgan fingerprint density at radius 1 is 1.08 bits per heavy atom. The molecule has 0 atom stereocenters. The van der Waals surface area contributed by atoms with Crippen LogP contribution >= 0.6 is 0 Å². The number of carbonyl (C=O) groups excluding carboxylic acids is 1. The number of anilines is 2. The minimum atomic E-state index is -0.979. The van der Waals surface area contributed by atoms with Crippen molar-refractivity contribution in [2.45, 2.75) is 46.6 Å². The molecule has 3 heterocycles. The summed E-state index contributed by atoms with van der Waals surface area (Å²) in [5.41, 5.74) is 10.6. The van der Waals surface area contributed by atoms with E-state index < -0.39 is 17.7 Å². The number of nitrogens with one attached hydrogen (secondary N) is 1. The Labute approximate surface area is 219 Å². The van der Waals surface area contributed by atoms with Crippen LogP contribution in [0, 0.1) is 25.5 Å². The van der Waals surface area contributed by atoms with E-state index in [1.807, 2.05) is 49.3 Å². The number of nitrogens with two attached hydrogens (primary N) is 1. The Balaban J connectivity index is 1.67. The number of fused-ring (bicyclic) bond motifs is 1. The monoisotopic (exact) mass is 517 g/mol. The quantitative estimate of drug-likeness (QED) is 0.369. The van der Waals surface area contributed by atoms with Gasteiger partial charge in [0.2, 0.25) is 5.95 Å². The number of halogens is 2. The molecule has 3 N–H and O–H groups in total. The van der Waals surface area contributed by atoms with Gasteiger partial charge in [-0.1, -0.05) is 32.0 Å². The second-order valence-electron chi connectivity index (χ2n) is 9.87. The lowest BCUT2D eigenvalue weighted by atomic mass is 9.99. The molecule has 0 aliphatic carbocycles. The molecule has 8 nitrogen and oxygen atoms in total. The topological polar surface area (TPSA) is 102 Å². The predicted octanol–water partition coefficient (Wildman–Crippen LogP) is 5.40. The number of amides is 2. The molecule has 2 amide bonds. The molecule has 0 radical (unpaired) electrons. The maximum atomic E-state index is 15.6. The van der Waals surface area contributed by atoms with Crippen LogP contribution in [0.5, 0.6) is 0 Å². The van der Waals surface area contributed by atoms with Gasteiger partial charge in [0.05, 0.1) is 22.8 Å². The molecule has 2 aromatic carbocycles. The SMILES string of the molecule is Cc1cccc(C)c1-n1nc2c(c1-c1cc(F)c(NC(N)=O)cc1F)CN(c1ncc(C(C)C)cn1)CC2. The first-order valence-electron chi connectivity index (χ1n) is 12.4. The van der Waals surface area contributed by atoms with Gasteiger partial charge in [0, 0.05) is 49.1 Å². The molecule has 0 saturated carbocycles. The Kier molecular flexibility index (Phi) is 6.56. The lowest BCUT2D eigenvalue weighted by molar-refractivity contribution is 0.259. The van der Waals surface area contributed by atoms with Crippen LogP contribution in [0.4, 0.5) is 25.2 Å². The van der Waals surface area contributed by atoms with Gasteiger partial charge in [-0.05, 0) is 42.5 Å². The number of carbonyl (C=O) groups is 1. The average Bonchev–Trinajstić information content (AvgIpc) is 3.23. The van der Waals surface area contributed by atoms with Crippen molar-refractivity contribution in [3.8, 4) is 16.9 Å². The van der Waals surface area contributed by atoms with E-state index in [-0.39, 0.29) is 11.3 Å². The molecule has 0 fully saturated rings. The van der Waals surface area contributed by atoms with Crippen LogP contribution in [0.25, 0.3) is 16.9 Å². The third-order valence-electron chi connectivity index (χ3n) is 6.86. The van der Waals surface area contributed by atoms with Crippen LogP contribution in [0.15, 0.2) is 42.7 Å². The van der Waals surface area contributed by atoms with E-state index in [4.69, 9.17) is 10.8 Å². The van der Waals surface area contributed by atoms with Crippen molar-refractivity contribution >= 4 is 17.7 Å². The Bertz CT molecular complexity index is 1510. The van der Waals surface area contributed by atoms with Gasteiger partial charge in [-0.25, -0.2) is 28.2 Å². The fourth-order valence-electron chi connectivity index (χ4n) is 4.87. The van der Waals surface area contributed by atoms with Crippen LogP contribution in [-0.4, -0.2) is 32.3 Å². The second kappa shape index (κ2) is 9.85. The summed E-state index contributed by atoms with van der Waals surface area (Å²) in [4.78, 5) is 22.4. The van der Waals surface area contributed by atoms with E-state index in [0.29, 0.717) is 37.1 Å². The van der Waals surface area contributed by atoms with Gasteiger partial charge in [0.1, 0.15) is 11.6 Å². The molecule has 2 aromatic heterocycles. The van der Waals surface area contributed by atoms with Crippen molar-refractivity contribution in [3.63, 3.8) is 0 Å². The zero-order valence-corrected chi connectivity index (χ0v) is 21.7. The van der Waals surface area contributed by atoms with Gasteiger partial charge in [-0.3, -0.25) is 0 Å². The van der Waals surface area contributed by atoms with Crippen molar-refractivity contribution in [1.29, 1.82) is 0 Å². The maximum absolute atomic E-state index is 15.6. The molecular formula is C28H29F2N7O. The third-order valence-corrected chi connectivity index (χ3v) is 6.86. The summed E-state index contributed by atoms with van der Waals surface area (Å²) in [6.07, 6.45) is 4.23. The average molecular weight is 518 g/mol. The standard InChI is InChI=1S/C28H29F2N7O/c1-15(2)18-12-32-28(33-13-18)36-9-8-23-20(14-36)26(37(35-23)25-16(3)6-5-7-17(25)4)19-10-22(30)24(11-21(19)29)34-27(31)38/h5-7,10-13,15H,8-9,14H2,1-4H3,(H3,31,34,38). The zero-order valence-electron chi connectivity index (χ0n) is 21.7. The first-order valence-corrected chi connectivity index (χ1v) is 12.4. The summed E-state index contributed by atoms with van der Waals surface area (Å²) in [5.74, 6) is -0.633. The minimum absolute atomic E-state index is 0.0341. The highest BCUT2D eigenvalue weighted by Crippen LogP contribution is 2.38. The number of benzene rings is 2. The zero-order chi connectivity index (χ0) is 27.1. The number of hydrogen-bond acceptors (Lipinski definition) is 5. The lowest BCUT2D eigenvalue weighted by Gasteiger charge is -2.27. The molecule has 38 heavy (non-hydrogen) atoms. The summed E-state index contributed by atoms with van der Waals surface area (Å²) < 4.78 is 32.4. The van der Waals surface area contributed by atoms with Crippen molar-refractivity contribution in [3.05, 3.63) is 82.3 Å². The van der Waals surface area contributed by atoms with Crippen molar-refractivity contribution < 1.29 is 13.6 Å². The highest BCUT2D eigenvalue weighted by molar-refractivity contribution is 5.88. The summed E-state index contributed by atoms with van der Waals surface area (Å²) in [7, 11) is 0. The van der Waals surface area contributed by atoms with Gasteiger partial charge in [0.25, 0.3) is 0 Å². The summed E-state index contributed by atoms with van der Waals surface area (Å²) in [5, 5.41) is 7.03. The summed E-state index contributed by atoms with van der Waals surface area (Å²) in [6, 6.07) is 6.91. The molecule has 196 valence electrons. The lowest BCUT2D eigenvalue weighted by Crippen LogP contribution is -2.31. The van der Waals surface area contributed by atoms with Gasteiger partial charge >= 0.3 is 6.03 Å². The Hall–Kier alpha value is -4.34. The van der Waals surface area contributed by atoms with E-state index in [2.05, 4.69) is 29.1 Å². The highest BCUT2D eigenvalue weighted by Gasteiger charge is 2.30. The van der Waals surface area contributed by atoms with E-state index in [9.17, 15) is 4.79 Å². The molecule has 10 heteroatoms. The van der Waals surface area contributed by atoms with Crippen LogP contribution in [0.3, 0.4) is 0 Å². The predicted molar refractivity (Wildman–Crippen MR) is 142 cm³/mol. The number of aromatic nitrogens is 4. The van der Waals surface area contributed by atoms with Gasteiger partial charge in [0.15, 0.2) is 0 Å². The first-order chi connectivity index (χ1) is 18.1. The summed E-state index contributed by atoms with van der Waals surface area (Å²) in [6.45, 7) is 9.09. The Morgan fingerprint density at radius 3 is 2.39 bits per heavy atom. The maximum Gasteiger partial charge on any atom is 0.316 e. The summed E-state index contributed by atoms with van der Waals surface area (Å²) >= 11 is 0. The van der Waals surface area contributed by atoms with Crippen LogP contribution in [0.2, 0.25) is 0 Å². The van der Waals surface area contributed by atoms with E-state index in [1.165, 1.54) is 0 Å². The highest BCUT2D eigenvalue weighted by atomic mass is 19.1. The number of aryl methyl sites for hydroxylation is 2. The van der Waals surface area contributed by atoms with Gasteiger partial charge < -0.3 is 16.0 Å². The van der Waals surface area contributed by atoms with Crippen LogP contribution < -0.4 is 16.0 Å². The van der Waals surface area contributed by atoms with Gasteiger partial charge in [-0.15, -0.1) is 0 Å². The van der Waals surface area contributed by atoms with Gasteiger partial charge in [-0.2, -0.15) is 5.10 Å². The minimum Gasteiger partial charge on any atom is -0.351 e. The Morgan fingerprint density at radius 2 is 1.76 bits per heavy atom. The molecule has 5 rings (SSSR count). The fraction of sp³-hybridized carbons (Fsp3) is 0.286. The number of hydrogen-bond donors (Lipinski definition) is 2. The molecule has 0 spiro atoms. The van der Waals surface area contributed by atoms with E-state index >= 15 is 8.78 Å². The second-order valence-corrected chi connectivity index (χ2v) is 9.87. The first kappa shape index (κ1) is 25.3. The molecule has 1 aliphatic heterocycles. The number of rotatable bonds is 5. The molecule has 0 bridgehead atoms. The largest absolute Gasteiger partial charge is 0.351 e. The van der Waals surface area contributed by atoms with Crippen LogP contribution in [-0.2, 0) is 13.0 Å². The number of primary amides is 1. The van der Waals surface area contributed by atoms with E-state index in [1.54, 1.807) is 4.68 Å². The number of nitrogens with zero attached hydrogens (tertiary/aromatic N) is 5. The van der Waals surface area contributed by atoms with Crippen molar-refractivity contribution in [2.75, 3.05) is 16.8 Å². The van der Waals surface area contributed by atoms with Crippen LogP contribution in [0.1, 0.15) is 47.7 Å². The smallest absolute Gasteiger partial charge is 0.316 e. The third kappa shape index (κ3) is 4.57. The van der Waals surface area contributed by atoms with Crippen molar-refractivity contribution in [1.82, 2.24) is 19.7 Å². The van der Waals surface area contributed by atoms with E-state index in [0.717, 1.165) is 45.8 Å². The number of urea groups is 1. The molecular weight excluding hydrogens is 488 g/mol. The normalized spacial score (nSPS) is 13.1. The fourth-order valence-corrected chi connectivity index (χ4v) is 4.87. The van der Waals surface area contributed by atoms with Crippen molar-refractivity contribution in [2.24, 2.45) is 5.73 Å². The molecule has 1 aliphatic rings. The molecule has 0 unspecified atom stereocenters.